The molecule has 0 bridgehead atoms. The zero-order valence-corrected chi connectivity index (χ0v) is 10.2. The van der Waals surface area contributed by atoms with E-state index < -0.39 is 17.5 Å². The molecule has 1 aliphatic heterocycles. The molecule has 1 atom stereocenters. The number of aryl methyl sites for hydroxylation is 1. The fourth-order valence-corrected chi connectivity index (χ4v) is 2.17. The van der Waals surface area contributed by atoms with Crippen LogP contribution < -0.4 is 5.73 Å². The van der Waals surface area contributed by atoms with Gasteiger partial charge in [0.25, 0.3) is 5.91 Å². The number of likely N-dealkylation sites (tertiary alicyclic amines) is 1. The van der Waals surface area contributed by atoms with Crippen LogP contribution in [0.3, 0.4) is 0 Å². The summed E-state index contributed by atoms with van der Waals surface area (Å²) >= 11 is 0. The van der Waals surface area contributed by atoms with Gasteiger partial charge in [-0.15, -0.1) is 0 Å². The van der Waals surface area contributed by atoms with Crippen molar-refractivity contribution >= 4 is 5.91 Å². The van der Waals surface area contributed by atoms with Crippen molar-refractivity contribution in [3.63, 3.8) is 0 Å². The van der Waals surface area contributed by atoms with Crippen LogP contribution >= 0.6 is 0 Å². The number of amides is 1. The molecule has 0 unspecified atom stereocenters. The number of nitrogens with two attached hydrogens (primary N) is 1. The van der Waals surface area contributed by atoms with Gasteiger partial charge in [0.2, 0.25) is 0 Å². The highest BCUT2D eigenvalue weighted by Gasteiger charge is 2.25. The summed E-state index contributed by atoms with van der Waals surface area (Å²) in [7, 11) is 0. The minimum atomic E-state index is -0.682. The average molecular weight is 254 g/mol. The van der Waals surface area contributed by atoms with E-state index in [-0.39, 0.29) is 17.2 Å². The number of carbonyl (C=O) groups excluding carboxylic acids is 1. The van der Waals surface area contributed by atoms with E-state index in [0.29, 0.717) is 13.1 Å². The molecule has 5 heteroatoms. The molecule has 2 rings (SSSR count). The Bertz CT molecular complexity index is 476. The van der Waals surface area contributed by atoms with Crippen molar-refractivity contribution in [1.29, 1.82) is 0 Å². The molecule has 0 saturated carbocycles. The Labute approximate surface area is 105 Å². The van der Waals surface area contributed by atoms with Crippen LogP contribution in [-0.4, -0.2) is 29.9 Å². The number of hydrogen-bond acceptors (Lipinski definition) is 2. The summed E-state index contributed by atoms with van der Waals surface area (Å²) in [6.45, 7) is 2.40. The lowest BCUT2D eigenvalue weighted by Crippen LogP contribution is -2.45. The summed E-state index contributed by atoms with van der Waals surface area (Å²) in [6, 6.07) is 1.93. The molecule has 18 heavy (non-hydrogen) atoms. The van der Waals surface area contributed by atoms with Crippen LogP contribution in [0.1, 0.15) is 28.8 Å². The molecule has 0 radical (unpaired) electrons. The van der Waals surface area contributed by atoms with Crippen LogP contribution in [0, 0.1) is 18.6 Å². The van der Waals surface area contributed by atoms with E-state index in [1.807, 2.05) is 0 Å². The first-order valence-electron chi connectivity index (χ1n) is 5.99. The quantitative estimate of drug-likeness (QED) is 0.831. The van der Waals surface area contributed by atoms with Crippen LogP contribution in [0.25, 0.3) is 0 Å². The number of carbonyl (C=O) groups is 1. The highest BCUT2D eigenvalue weighted by Crippen LogP contribution is 2.18. The Hall–Kier alpha value is -1.49. The smallest absolute Gasteiger partial charge is 0.256 e. The zero-order chi connectivity index (χ0) is 13.3. The van der Waals surface area contributed by atoms with E-state index >= 15 is 0 Å². The molecule has 1 amide bonds. The molecule has 0 aromatic heterocycles. The first-order valence-corrected chi connectivity index (χ1v) is 5.99. The van der Waals surface area contributed by atoms with Gasteiger partial charge in [-0.1, -0.05) is 0 Å². The van der Waals surface area contributed by atoms with Gasteiger partial charge < -0.3 is 10.6 Å². The topological polar surface area (TPSA) is 46.3 Å². The third-order valence-electron chi connectivity index (χ3n) is 3.22. The molecule has 1 aromatic rings. The first-order chi connectivity index (χ1) is 8.49. The lowest BCUT2D eigenvalue weighted by Gasteiger charge is -2.30. The lowest BCUT2D eigenvalue weighted by atomic mass is 10.0. The number of nitrogens with zero attached hydrogens (tertiary/aromatic N) is 1. The van der Waals surface area contributed by atoms with Gasteiger partial charge in [-0.05, 0) is 37.5 Å². The molecular formula is C13H16F2N2O. The molecule has 2 N–H and O–H groups in total. The molecule has 1 fully saturated rings. The maximum atomic E-state index is 13.7. The summed E-state index contributed by atoms with van der Waals surface area (Å²) in [6.07, 6.45) is 1.65. The molecule has 98 valence electrons. The Balaban J connectivity index is 2.25. The number of halogens is 2. The van der Waals surface area contributed by atoms with E-state index in [1.165, 1.54) is 11.8 Å². The molecule has 1 heterocycles. The van der Waals surface area contributed by atoms with E-state index in [9.17, 15) is 13.6 Å². The highest BCUT2D eigenvalue weighted by molar-refractivity contribution is 5.94. The van der Waals surface area contributed by atoms with Gasteiger partial charge in [-0.3, -0.25) is 4.79 Å². The van der Waals surface area contributed by atoms with E-state index in [2.05, 4.69) is 0 Å². The average Bonchev–Trinajstić information content (AvgIpc) is 2.33. The fourth-order valence-electron chi connectivity index (χ4n) is 2.17. The summed E-state index contributed by atoms with van der Waals surface area (Å²) < 4.78 is 27.1. The Kier molecular flexibility index (Phi) is 3.61. The Morgan fingerprint density at radius 3 is 2.78 bits per heavy atom. The number of piperidine rings is 1. The summed E-state index contributed by atoms with van der Waals surface area (Å²) in [4.78, 5) is 13.6. The van der Waals surface area contributed by atoms with Crippen LogP contribution in [-0.2, 0) is 0 Å². The minimum absolute atomic E-state index is 0.0824. The second-order valence-electron chi connectivity index (χ2n) is 4.73. The van der Waals surface area contributed by atoms with Crippen molar-refractivity contribution < 1.29 is 13.6 Å². The maximum absolute atomic E-state index is 13.7. The highest BCUT2D eigenvalue weighted by atomic mass is 19.1. The largest absolute Gasteiger partial charge is 0.337 e. The number of hydrogen-bond donors (Lipinski definition) is 1. The van der Waals surface area contributed by atoms with Gasteiger partial charge in [-0.2, -0.15) is 0 Å². The van der Waals surface area contributed by atoms with Gasteiger partial charge in [0.05, 0.1) is 5.56 Å². The van der Waals surface area contributed by atoms with Crippen LogP contribution in [0.5, 0.6) is 0 Å². The lowest BCUT2D eigenvalue weighted by molar-refractivity contribution is 0.0703. The third-order valence-corrected chi connectivity index (χ3v) is 3.22. The first kappa shape index (κ1) is 13.0. The van der Waals surface area contributed by atoms with Gasteiger partial charge in [0.1, 0.15) is 11.6 Å². The maximum Gasteiger partial charge on any atom is 0.256 e. The van der Waals surface area contributed by atoms with E-state index in [1.54, 1.807) is 0 Å². The predicted octanol–water partition coefficient (Wildman–Crippen LogP) is 1.84. The van der Waals surface area contributed by atoms with Crippen molar-refractivity contribution in [2.24, 2.45) is 5.73 Å². The predicted molar refractivity (Wildman–Crippen MR) is 64.2 cm³/mol. The van der Waals surface area contributed by atoms with E-state index in [0.717, 1.165) is 25.0 Å². The van der Waals surface area contributed by atoms with Gasteiger partial charge in [-0.25, -0.2) is 8.78 Å². The van der Waals surface area contributed by atoms with Crippen molar-refractivity contribution in [3.8, 4) is 0 Å². The van der Waals surface area contributed by atoms with Crippen molar-refractivity contribution in [3.05, 3.63) is 34.9 Å². The standard InChI is InChI=1S/C13H16F2N2O/c1-8-5-12(15)10(6-11(8)14)13(18)17-4-2-3-9(16)7-17/h5-6,9H,2-4,7,16H2,1H3/t9-/m1/s1. The van der Waals surface area contributed by atoms with Crippen LogP contribution in [0.15, 0.2) is 12.1 Å². The minimum Gasteiger partial charge on any atom is -0.337 e. The monoisotopic (exact) mass is 254 g/mol. The summed E-state index contributed by atoms with van der Waals surface area (Å²) in [5.74, 6) is -1.74. The van der Waals surface area contributed by atoms with Crippen LogP contribution in [0.2, 0.25) is 0 Å². The Morgan fingerprint density at radius 1 is 1.39 bits per heavy atom. The van der Waals surface area contributed by atoms with Crippen molar-refractivity contribution in [2.75, 3.05) is 13.1 Å². The molecule has 1 aromatic carbocycles. The second-order valence-corrected chi connectivity index (χ2v) is 4.73. The fraction of sp³-hybridized carbons (Fsp3) is 0.462. The molecular weight excluding hydrogens is 238 g/mol. The molecule has 3 nitrogen and oxygen atoms in total. The van der Waals surface area contributed by atoms with E-state index in [4.69, 9.17) is 5.73 Å². The summed E-state index contributed by atoms with van der Waals surface area (Å²) in [5.41, 5.74) is 5.75. The van der Waals surface area contributed by atoms with Gasteiger partial charge in [0, 0.05) is 19.1 Å². The third kappa shape index (κ3) is 2.51. The normalized spacial score (nSPS) is 20.0. The van der Waals surface area contributed by atoms with Crippen molar-refractivity contribution in [2.45, 2.75) is 25.8 Å². The number of benzene rings is 1. The van der Waals surface area contributed by atoms with Gasteiger partial charge in [0.15, 0.2) is 0 Å². The number of rotatable bonds is 1. The van der Waals surface area contributed by atoms with Crippen molar-refractivity contribution in [1.82, 2.24) is 4.90 Å². The molecule has 0 aliphatic carbocycles. The van der Waals surface area contributed by atoms with Crippen LogP contribution in [0.4, 0.5) is 8.78 Å². The summed E-state index contributed by atoms with van der Waals surface area (Å²) in [5, 5.41) is 0. The second kappa shape index (κ2) is 5.02. The molecule has 1 aliphatic rings. The Morgan fingerprint density at radius 2 is 2.11 bits per heavy atom. The zero-order valence-electron chi connectivity index (χ0n) is 10.2. The molecule has 0 spiro atoms. The molecule has 1 saturated heterocycles. The van der Waals surface area contributed by atoms with Gasteiger partial charge >= 0.3 is 0 Å². The SMILES string of the molecule is Cc1cc(F)c(C(=O)N2CCC[C@@H](N)C2)cc1F.